The highest BCUT2D eigenvalue weighted by Gasteiger charge is 2.06. The molecule has 0 radical (unpaired) electrons. The Labute approximate surface area is 110 Å². The molecule has 94 valence electrons. The zero-order valence-corrected chi connectivity index (χ0v) is 10.9. The Morgan fingerprint density at radius 2 is 2.24 bits per heavy atom. The minimum absolute atomic E-state index is 0.229. The third-order valence-electron chi connectivity index (χ3n) is 2.00. The van der Waals surface area contributed by atoms with Gasteiger partial charge in [-0.15, -0.1) is 0 Å². The standard InChI is InChI=1S/C11H13ClFNO2S/c1-7(11(14)17)15-4-5-16-10-3-2-8(13)6-9(10)12/h2-3,6-7H,4-5H2,1H3,(H2,14,17). The average molecular weight is 278 g/mol. The second-order valence-electron chi connectivity index (χ2n) is 3.34. The molecule has 0 aromatic heterocycles. The van der Waals surface area contributed by atoms with E-state index in [1.165, 1.54) is 18.2 Å². The number of hydrogen-bond acceptors (Lipinski definition) is 3. The lowest BCUT2D eigenvalue weighted by molar-refractivity contribution is 0.0810. The Balaban J connectivity index is 2.34. The van der Waals surface area contributed by atoms with Gasteiger partial charge >= 0.3 is 0 Å². The molecule has 3 nitrogen and oxygen atoms in total. The van der Waals surface area contributed by atoms with Crippen molar-refractivity contribution in [1.82, 2.24) is 0 Å². The Bertz CT molecular complexity index is 403. The van der Waals surface area contributed by atoms with E-state index in [-0.39, 0.29) is 17.7 Å². The van der Waals surface area contributed by atoms with Crippen LogP contribution in [0.2, 0.25) is 5.02 Å². The van der Waals surface area contributed by atoms with Crippen LogP contribution in [-0.4, -0.2) is 24.3 Å². The lowest BCUT2D eigenvalue weighted by Gasteiger charge is -2.12. The topological polar surface area (TPSA) is 44.5 Å². The molecule has 17 heavy (non-hydrogen) atoms. The van der Waals surface area contributed by atoms with Gasteiger partial charge in [0.2, 0.25) is 0 Å². The van der Waals surface area contributed by atoms with E-state index < -0.39 is 5.82 Å². The van der Waals surface area contributed by atoms with Gasteiger partial charge in [0.25, 0.3) is 0 Å². The molecule has 0 aliphatic rings. The Morgan fingerprint density at radius 3 is 2.82 bits per heavy atom. The molecule has 0 bridgehead atoms. The van der Waals surface area contributed by atoms with Crippen molar-refractivity contribution in [3.63, 3.8) is 0 Å². The molecule has 0 aliphatic carbocycles. The van der Waals surface area contributed by atoms with E-state index in [1.54, 1.807) is 6.92 Å². The van der Waals surface area contributed by atoms with E-state index in [1.807, 2.05) is 0 Å². The normalized spacial score (nSPS) is 12.2. The number of benzene rings is 1. The van der Waals surface area contributed by atoms with Gasteiger partial charge < -0.3 is 15.2 Å². The number of ether oxygens (including phenoxy) is 2. The fourth-order valence-electron chi connectivity index (χ4n) is 1.05. The molecule has 0 aliphatic heterocycles. The van der Waals surface area contributed by atoms with E-state index in [9.17, 15) is 4.39 Å². The number of thiocarbonyl (C=S) groups is 1. The summed E-state index contributed by atoms with van der Waals surface area (Å²) in [6.07, 6.45) is -0.294. The second-order valence-corrected chi connectivity index (χ2v) is 4.22. The van der Waals surface area contributed by atoms with Crippen molar-refractivity contribution in [1.29, 1.82) is 0 Å². The minimum Gasteiger partial charge on any atom is -0.490 e. The maximum absolute atomic E-state index is 12.7. The average Bonchev–Trinajstić information content (AvgIpc) is 2.26. The molecule has 1 atom stereocenters. The van der Waals surface area contributed by atoms with Crippen molar-refractivity contribution in [2.75, 3.05) is 13.2 Å². The highest BCUT2D eigenvalue weighted by molar-refractivity contribution is 7.80. The van der Waals surface area contributed by atoms with Crippen LogP contribution in [0.1, 0.15) is 6.92 Å². The molecule has 0 spiro atoms. The van der Waals surface area contributed by atoms with Crippen molar-refractivity contribution in [2.24, 2.45) is 5.73 Å². The Morgan fingerprint density at radius 1 is 1.53 bits per heavy atom. The van der Waals surface area contributed by atoms with Crippen LogP contribution in [0.15, 0.2) is 18.2 Å². The first kappa shape index (κ1) is 14.2. The van der Waals surface area contributed by atoms with Crippen LogP contribution in [0.3, 0.4) is 0 Å². The predicted molar refractivity (Wildman–Crippen MR) is 69.1 cm³/mol. The molecule has 6 heteroatoms. The first-order valence-electron chi connectivity index (χ1n) is 4.99. The van der Waals surface area contributed by atoms with Crippen molar-refractivity contribution in [3.05, 3.63) is 29.0 Å². The van der Waals surface area contributed by atoms with Crippen molar-refractivity contribution < 1.29 is 13.9 Å². The maximum atomic E-state index is 12.7. The van der Waals surface area contributed by atoms with Gasteiger partial charge in [-0.25, -0.2) is 4.39 Å². The third kappa shape index (κ3) is 4.85. The predicted octanol–water partition coefficient (Wildman–Crippen LogP) is 2.55. The zero-order chi connectivity index (χ0) is 12.8. The molecule has 0 heterocycles. The van der Waals surface area contributed by atoms with E-state index in [2.05, 4.69) is 0 Å². The van der Waals surface area contributed by atoms with Crippen LogP contribution in [0, 0.1) is 5.82 Å². The van der Waals surface area contributed by atoms with Gasteiger partial charge in [-0.2, -0.15) is 0 Å². The van der Waals surface area contributed by atoms with Gasteiger partial charge in [-0.1, -0.05) is 23.8 Å². The Hall–Kier alpha value is -0.910. The van der Waals surface area contributed by atoms with Gasteiger partial charge in [-0.05, 0) is 25.1 Å². The molecule has 1 unspecified atom stereocenters. The molecule has 1 rings (SSSR count). The summed E-state index contributed by atoms with van der Waals surface area (Å²) in [6, 6.07) is 3.93. The molecular weight excluding hydrogens is 265 g/mol. The summed E-state index contributed by atoms with van der Waals surface area (Å²) in [5.74, 6) is 0.0142. The maximum Gasteiger partial charge on any atom is 0.138 e. The Kier molecular flexibility index (Phi) is 5.61. The van der Waals surface area contributed by atoms with Crippen LogP contribution in [0.5, 0.6) is 5.75 Å². The van der Waals surface area contributed by atoms with E-state index in [4.69, 9.17) is 39.0 Å². The van der Waals surface area contributed by atoms with Crippen LogP contribution in [-0.2, 0) is 4.74 Å². The summed E-state index contributed by atoms with van der Waals surface area (Å²) < 4.78 is 23.3. The highest BCUT2D eigenvalue weighted by atomic mass is 35.5. The van der Waals surface area contributed by atoms with Gasteiger partial charge in [-0.3, -0.25) is 0 Å². The SMILES string of the molecule is CC(OCCOc1ccc(F)cc1Cl)C(N)=S. The molecule has 2 N–H and O–H groups in total. The van der Waals surface area contributed by atoms with Crippen LogP contribution >= 0.6 is 23.8 Å². The van der Waals surface area contributed by atoms with Crippen molar-refractivity contribution in [2.45, 2.75) is 13.0 Å². The number of hydrogen-bond donors (Lipinski definition) is 1. The van der Waals surface area contributed by atoms with E-state index >= 15 is 0 Å². The molecule has 1 aromatic carbocycles. The van der Waals surface area contributed by atoms with Crippen LogP contribution < -0.4 is 10.5 Å². The quantitative estimate of drug-likeness (QED) is 0.641. The van der Waals surface area contributed by atoms with Crippen molar-refractivity contribution in [3.8, 4) is 5.75 Å². The lowest BCUT2D eigenvalue weighted by Crippen LogP contribution is -2.27. The second kappa shape index (κ2) is 6.74. The number of nitrogens with two attached hydrogens (primary N) is 1. The largest absolute Gasteiger partial charge is 0.490 e. The molecule has 0 saturated heterocycles. The minimum atomic E-state index is -0.402. The molecule has 0 saturated carbocycles. The van der Waals surface area contributed by atoms with Crippen molar-refractivity contribution >= 4 is 28.8 Å². The van der Waals surface area contributed by atoms with E-state index in [0.29, 0.717) is 17.3 Å². The number of halogens is 2. The van der Waals surface area contributed by atoms with Gasteiger partial charge in [0.15, 0.2) is 0 Å². The number of rotatable bonds is 6. The van der Waals surface area contributed by atoms with Gasteiger partial charge in [0.1, 0.15) is 29.3 Å². The third-order valence-corrected chi connectivity index (χ3v) is 2.63. The first-order valence-corrected chi connectivity index (χ1v) is 5.78. The zero-order valence-electron chi connectivity index (χ0n) is 9.28. The van der Waals surface area contributed by atoms with Gasteiger partial charge in [0, 0.05) is 0 Å². The summed E-state index contributed by atoms with van der Waals surface area (Å²) in [7, 11) is 0. The van der Waals surface area contributed by atoms with E-state index in [0.717, 1.165) is 0 Å². The summed E-state index contributed by atoms with van der Waals surface area (Å²) in [5.41, 5.74) is 5.37. The monoisotopic (exact) mass is 277 g/mol. The molecule has 1 aromatic rings. The highest BCUT2D eigenvalue weighted by Crippen LogP contribution is 2.24. The van der Waals surface area contributed by atoms with Crippen LogP contribution in [0.25, 0.3) is 0 Å². The smallest absolute Gasteiger partial charge is 0.138 e. The van der Waals surface area contributed by atoms with Crippen LogP contribution in [0.4, 0.5) is 4.39 Å². The fraction of sp³-hybridized carbons (Fsp3) is 0.364. The summed E-state index contributed by atoms with van der Waals surface area (Å²) in [4.78, 5) is 0.296. The molecule has 0 fully saturated rings. The first-order chi connectivity index (χ1) is 8.00. The summed E-state index contributed by atoms with van der Waals surface area (Å²) in [5, 5.41) is 0.229. The molecular formula is C11H13ClFNO2S. The molecule has 0 amide bonds. The lowest BCUT2D eigenvalue weighted by atomic mass is 10.3. The summed E-state index contributed by atoms with van der Waals surface area (Å²) in [6.45, 7) is 2.37. The van der Waals surface area contributed by atoms with Gasteiger partial charge in [0.05, 0.1) is 11.6 Å². The fourth-order valence-corrected chi connectivity index (χ4v) is 1.34. The summed E-state index contributed by atoms with van der Waals surface area (Å²) >= 11 is 10.5.